The van der Waals surface area contributed by atoms with Gasteiger partial charge in [-0.3, -0.25) is 9.59 Å². The molecule has 0 aromatic carbocycles. The van der Waals surface area contributed by atoms with Crippen LogP contribution in [0.4, 0.5) is 0 Å². The van der Waals surface area contributed by atoms with E-state index in [4.69, 9.17) is 10.5 Å². The maximum Gasteiger partial charge on any atom is 0.325 e. The van der Waals surface area contributed by atoms with Crippen LogP contribution in [0, 0.1) is 0 Å². The second-order valence-corrected chi connectivity index (χ2v) is 3.81. The van der Waals surface area contributed by atoms with Crippen LogP contribution >= 0.6 is 0 Å². The molecule has 0 unspecified atom stereocenters. The summed E-state index contributed by atoms with van der Waals surface area (Å²) in [6, 6.07) is -0.00493. The zero-order valence-corrected chi connectivity index (χ0v) is 10.4. The maximum absolute atomic E-state index is 11.7. The van der Waals surface area contributed by atoms with Crippen molar-refractivity contribution in [2.45, 2.75) is 39.7 Å². The molecule has 94 valence electrons. The molecule has 5 heteroatoms. The molecule has 0 bridgehead atoms. The molecule has 1 amide bonds. The van der Waals surface area contributed by atoms with Gasteiger partial charge in [0.2, 0.25) is 5.91 Å². The second kappa shape index (κ2) is 8.10. The van der Waals surface area contributed by atoms with Crippen LogP contribution in [0.25, 0.3) is 0 Å². The highest BCUT2D eigenvalue weighted by Crippen LogP contribution is 2.03. The Morgan fingerprint density at radius 2 is 2.00 bits per heavy atom. The molecule has 0 aliphatic rings. The van der Waals surface area contributed by atoms with Gasteiger partial charge in [0, 0.05) is 12.5 Å². The largest absolute Gasteiger partial charge is 0.465 e. The summed E-state index contributed by atoms with van der Waals surface area (Å²) in [7, 11) is 0. The first-order chi connectivity index (χ1) is 7.52. The molecular weight excluding hydrogens is 208 g/mol. The lowest BCUT2D eigenvalue weighted by Crippen LogP contribution is -2.41. The van der Waals surface area contributed by atoms with E-state index in [9.17, 15) is 9.59 Å². The van der Waals surface area contributed by atoms with Gasteiger partial charge in [0.05, 0.1) is 6.61 Å². The molecule has 0 rings (SSSR count). The van der Waals surface area contributed by atoms with Gasteiger partial charge >= 0.3 is 5.97 Å². The molecule has 0 aromatic heterocycles. The third kappa shape index (κ3) is 5.70. The van der Waals surface area contributed by atoms with Gasteiger partial charge in [-0.1, -0.05) is 0 Å². The Balaban J connectivity index is 4.26. The van der Waals surface area contributed by atoms with Crippen molar-refractivity contribution >= 4 is 11.9 Å². The van der Waals surface area contributed by atoms with Crippen LogP contribution < -0.4 is 5.73 Å². The van der Waals surface area contributed by atoms with Crippen LogP contribution in [0.3, 0.4) is 0 Å². The number of hydrogen-bond donors (Lipinski definition) is 1. The first-order valence-corrected chi connectivity index (χ1v) is 5.68. The number of ether oxygens (including phenoxy) is 1. The van der Waals surface area contributed by atoms with Crippen molar-refractivity contribution < 1.29 is 14.3 Å². The summed E-state index contributed by atoms with van der Waals surface area (Å²) in [6.45, 7) is 6.33. The van der Waals surface area contributed by atoms with Gasteiger partial charge in [0.1, 0.15) is 6.54 Å². The zero-order chi connectivity index (χ0) is 12.6. The van der Waals surface area contributed by atoms with Crippen molar-refractivity contribution in [3.8, 4) is 0 Å². The van der Waals surface area contributed by atoms with Gasteiger partial charge in [-0.25, -0.2) is 0 Å². The topological polar surface area (TPSA) is 72.6 Å². The van der Waals surface area contributed by atoms with Crippen LogP contribution in [0.15, 0.2) is 0 Å². The average Bonchev–Trinajstić information content (AvgIpc) is 2.22. The second-order valence-electron chi connectivity index (χ2n) is 3.81. The van der Waals surface area contributed by atoms with Crippen molar-refractivity contribution in [1.29, 1.82) is 0 Å². The van der Waals surface area contributed by atoms with Crippen molar-refractivity contribution in [3.63, 3.8) is 0 Å². The third-order valence-electron chi connectivity index (χ3n) is 2.14. The van der Waals surface area contributed by atoms with Crippen LogP contribution in [0.1, 0.15) is 33.6 Å². The smallest absolute Gasteiger partial charge is 0.325 e. The Morgan fingerprint density at radius 3 is 2.44 bits per heavy atom. The fourth-order valence-electron chi connectivity index (χ4n) is 1.30. The highest BCUT2D eigenvalue weighted by Gasteiger charge is 2.19. The van der Waals surface area contributed by atoms with E-state index in [1.165, 1.54) is 4.90 Å². The highest BCUT2D eigenvalue weighted by molar-refractivity contribution is 5.82. The third-order valence-corrected chi connectivity index (χ3v) is 2.14. The number of carbonyl (C=O) groups is 2. The highest BCUT2D eigenvalue weighted by atomic mass is 16.5. The van der Waals surface area contributed by atoms with Gasteiger partial charge in [-0.2, -0.15) is 0 Å². The molecule has 0 saturated heterocycles. The minimum atomic E-state index is -0.364. The summed E-state index contributed by atoms with van der Waals surface area (Å²) in [4.78, 5) is 24.6. The number of carbonyl (C=O) groups excluding carboxylic acids is 2. The lowest BCUT2D eigenvalue weighted by atomic mass is 10.2. The Kier molecular flexibility index (Phi) is 7.54. The normalized spacial score (nSPS) is 10.3. The first kappa shape index (κ1) is 14.9. The lowest BCUT2D eigenvalue weighted by Gasteiger charge is -2.25. The predicted molar refractivity (Wildman–Crippen MR) is 61.8 cm³/mol. The first-order valence-electron chi connectivity index (χ1n) is 5.68. The molecule has 0 aliphatic carbocycles. The van der Waals surface area contributed by atoms with Crippen molar-refractivity contribution in [2.24, 2.45) is 5.73 Å². The molecule has 16 heavy (non-hydrogen) atoms. The summed E-state index contributed by atoms with van der Waals surface area (Å²) in [5, 5.41) is 0. The van der Waals surface area contributed by atoms with E-state index in [0.29, 0.717) is 26.0 Å². The summed E-state index contributed by atoms with van der Waals surface area (Å²) in [5.41, 5.74) is 5.34. The molecule has 0 saturated carbocycles. The van der Waals surface area contributed by atoms with Crippen molar-refractivity contribution in [2.75, 3.05) is 19.7 Å². The Morgan fingerprint density at radius 1 is 1.38 bits per heavy atom. The summed E-state index contributed by atoms with van der Waals surface area (Å²) in [5.74, 6) is -0.411. The van der Waals surface area contributed by atoms with E-state index >= 15 is 0 Å². The maximum atomic E-state index is 11.7. The number of rotatable bonds is 7. The molecule has 0 aliphatic heterocycles. The fraction of sp³-hybridized carbons (Fsp3) is 0.818. The Labute approximate surface area is 96.9 Å². The van der Waals surface area contributed by atoms with Crippen molar-refractivity contribution in [3.05, 3.63) is 0 Å². The molecule has 0 atom stereocenters. The summed E-state index contributed by atoms with van der Waals surface area (Å²) >= 11 is 0. The van der Waals surface area contributed by atoms with Gasteiger partial charge in [-0.05, 0) is 33.7 Å². The van der Waals surface area contributed by atoms with Gasteiger partial charge in [0.15, 0.2) is 0 Å². The van der Waals surface area contributed by atoms with Crippen LogP contribution in [0.2, 0.25) is 0 Å². The molecule has 0 spiro atoms. The van der Waals surface area contributed by atoms with Gasteiger partial charge < -0.3 is 15.4 Å². The minimum Gasteiger partial charge on any atom is -0.465 e. The van der Waals surface area contributed by atoms with Crippen LogP contribution in [-0.4, -0.2) is 42.5 Å². The van der Waals surface area contributed by atoms with Gasteiger partial charge in [-0.15, -0.1) is 0 Å². The molecule has 0 radical (unpaired) electrons. The number of nitrogens with zero attached hydrogens (tertiary/aromatic N) is 1. The Bertz CT molecular complexity index is 229. The zero-order valence-electron chi connectivity index (χ0n) is 10.4. The quantitative estimate of drug-likeness (QED) is 0.647. The van der Waals surface area contributed by atoms with E-state index < -0.39 is 0 Å². The summed E-state index contributed by atoms with van der Waals surface area (Å²) < 4.78 is 4.82. The molecular formula is C11H22N2O3. The molecule has 0 heterocycles. The Hall–Kier alpha value is -1.10. The number of esters is 1. The standard InChI is InChI=1S/C11H22N2O3/c1-4-16-11(15)8-13(9(2)3)10(14)6-5-7-12/h9H,4-8,12H2,1-3H3. The lowest BCUT2D eigenvalue weighted by molar-refractivity contribution is -0.150. The van der Waals surface area contributed by atoms with Crippen LogP contribution in [0.5, 0.6) is 0 Å². The molecule has 0 fully saturated rings. The average molecular weight is 230 g/mol. The number of amides is 1. The van der Waals surface area contributed by atoms with E-state index in [1.807, 2.05) is 13.8 Å². The van der Waals surface area contributed by atoms with E-state index in [1.54, 1.807) is 6.92 Å². The molecule has 5 nitrogen and oxygen atoms in total. The molecule has 0 aromatic rings. The predicted octanol–water partition coefficient (Wildman–Crippen LogP) is 0.525. The minimum absolute atomic E-state index is 0.00493. The number of hydrogen-bond acceptors (Lipinski definition) is 4. The number of nitrogens with two attached hydrogens (primary N) is 1. The van der Waals surface area contributed by atoms with E-state index in [2.05, 4.69) is 0 Å². The van der Waals surface area contributed by atoms with Crippen molar-refractivity contribution in [1.82, 2.24) is 4.90 Å². The fourth-order valence-corrected chi connectivity index (χ4v) is 1.30. The SMILES string of the molecule is CCOC(=O)CN(C(=O)CCCN)C(C)C. The summed E-state index contributed by atoms with van der Waals surface area (Å²) in [6.07, 6.45) is 1.03. The molecule has 2 N–H and O–H groups in total. The van der Waals surface area contributed by atoms with Gasteiger partial charge in [0.25, 0.3) is 0 Å². The van der Waals surface area contributed by atoms with E-state index in [-0.39, 0.29) is 24.5 Å². The van der Waals surface area contributed by atoms with Crippen LogP contribution in [-0.2, 0) is 14.3 Å². The monoisotopic (exact) mass is 230 g/mol. The van der Waals surface area contributed by atoms with E-state index in [0.717, 1.165) is 0 Å².